The Morgan fingerprint density at radius 3 is 2.62 bits per heavy atom. The van der Waals surface area contributed by atoms with Crippen LogP contribution in [0.15, 0.2) is 0 Å². The lowest BCUT2D eigenvalue weighted by Gasteiger charge is -2.38. The molecule has 0 radical (unpaired) electrons. The first kappa shape index (κ1) is 13.3. The number of carbonyl (C=O) groups excluding carboxylic acids is 1. The number of ether oxygens (including phenoxy) is 1. The molecule has 1 saturated heterocycles. The quantitative estimate of drug-likeness (QED) is 0.748. The molecule has 2 atom stereocenters. The number of rotatable bonds is 1. The van der Waals surface area contributed by atoms with Crippen molar-refractivity contribution in [3.8, 4) is 0 Å². The minimum Gasteiger partial charge on any atom is -0.444 e. The van der Waals surface area contributed by atoms with Gasteiger partial charge in [-0.05, 0) is 40.0 Å². The smallest absolute Gasteiger partial charge is 0.410 e. The number of hydrogen-bond acceptors (Lipinski definition) is 3. The molecule has 4 heteroatoms. The summed E-state index contributed by atoms with van der Waals surface area (Å²) in [4.78, 5) is 13.8. The summed E-state index contributed by atoms with van der Waals surface area (Å²) in [5, 5.41) is 0. The second-order valence-corrected chi connectivity index (χ2v) is 5.52. The van der Waals surface area contributed by atoms with Crippen LogP contribution in [0.3, 0.4) is 0 Å². The van der Waals surface area contributed by atoms with Gasteiger partial charge in [0.25, 0.3) is 0 Å². The molecule has 2 unspecified atom stereocenters. The van der Waals surface area contributed by atoms with Crippen LogP contribution in [0.5, 0.6) is 0 Å². The third-order valence-electron chi connectivity index (χ3n) is 2.86. The van der Waals surface area contributed by atoms with Crippen molar-refractivity contribution in [1.29, 1.82) is 0 Å². The molecule has 1 rings (SSSR count). The number of piperidine rings is 1. The van der Waals surface area contributed by atoms with Crippen LogP contribution in [0.4, 0.5) is 4.79 Å². The Balaban J connectivity index is 2.60. The van der Waals surface area contributed by atoms with Crippen LogP contribution < -0.4 is 5.73 Å². The highest BCUT2D eigenvalue weighted by atomic mass is 16.6. The average molecular weight is 228 g/mol. The molecular weight excluding hydrogens is 204 g/mol. The number of nitrogens with two attached hydrogens (primary N) is 1. The summed E-state index contributed by atoms with van der Waals surface area (Å²) in [7, 11) is 0. The van der Waals surface area contributed by atoms with Gasteiger partial charge >= 0.3 is 6.09 Å². The summed E-state index contributed by atoms with van der Waals surface area (Å²) in [5.74, 6) is 0. The standard InChI is InChI=1S/C12H24N2O2/c1-5-10-8-9(13)6-7-14(10)11(15)16-12(2,3)4/h9-10H,5-8,13H2,1-4H3. The number of amides is 1. The lowest BCUT2D eigenvalue weighted by molar-refractivity contribution is 0.00790. The molecule has 0 aromatic heterocycles. The lowest BCUT2D eigenvalue weighted by Crippen LogP contribution is -2.50. The predicted molar refractivity (Wildman–Crippen MR) is 64.2 cm³/mol. The maximum atomic E-state index is 12.0. The monoisotopic (exact) mass is 228 g/mol. The van der Waals surface area contributed by atoms with E-state index >= 15 is 0 Å². The van der Waals surface area contributed by atoms with Gasteiger partial charge in [-0.15, -0.1) is 0 Å². The van der Waals surface area contributed by atoms with Crippen molar-refractivity contribution in [3.05, 3.63) is 0 Å². The molecule has 0 saturated carbocycles. The van der Waals surface area contributed by atoms with Gasteiger partial charge in [-0.25, -0.2) is 4.79 Å². The number of likely N-dealkylation sites (tertiary alicyclic amines) is 1. The maximum absolute atomic E-state index is 12.0. The molecule has 0 bridgehead atoms. The summed E-state index contributed by atoms with van der Waals surface area (Å²) < 4.78 is 5.39. The van der Waals surface area contributed by atoms with Gasteiger partial charge in [0.05, 0.1) is 0 Å². The second-order valence-electron chi connectivity index (χ2n) is 5.52. The third-order valence-corrected chi connectivity index (χ3v) is 2.86. The average Bonchev–Trinajstić information content (AvgIpc) is 2.14. The zero-order chi connectivity index (χ0) is 12.3. The van der Waals surface area contributed by atoms with Crippen molar-refractivity contribution in [2.24, 2.45) is 5.73 Å². The van der Waals surface area contributed by atoms with Gasteiger partial charge in [0, 0.05) is 18.6 Å². The molecule has 1 amide bonds. The maximum Gasteiger partial charge on any atom is 0.410 e. The fourth-order valence-corrected chi connectivity index (χ4v) is 2.03. The first-order valence-electron chi connectivity index (χ1n) is 6.08. The molecule has 0 aliphatic carbocycles. The van der Waals surface area contributed by atoms with Gasteiger partial charge in [-0.1, -0.05) is 6.92 Å². The molecule has 4 nitrogen and oxygen atoms in total. The fraction of sp³-hybridized carbons (Fsp3) is 0.917. The fourth-order valence-electron chi connectivity index (χ4n) is 2.03. The molecule has 1 heterocycles. The van der Waals surface area contributed by atoms with Crippen molar-refractivity contribution in [3.63, 3.8) is 0 Å². The largest absolute Gasteiger partial charge is 0.444 e. The highest BCUT2D eigenvalue weighted by Gasteiger charge is 2.31. The van der Waals surface area contributed by atoms with Crippen LogP contribution >= 0.6 is 0 Å². The lowest BCUT2D eigenvalue weighted by atomic mass is 9.96. The van der Waals surface area contributed by atoms with Crippen LogP contribution in [0, 0.1) is 0 Å². The first-order chi connectivity index (χ1) is 7.33. The van der Waals surface area contributed by atoms with Gasteiger partial charge in [-0.2, -0.15) is 0 Å². The van der Waals surface area contributed by atoms with E-state index in [4.69, 9.17) is 10.5 Å². The SMILES string of the molecule is CCC1CC(N)CCN1C(=O)OC(C)(C)C. The highest BCUT2D eigenvalue weighted by molar-refractivity contribution is 5.68. The van der Waals surface area contributed by atoms with Gasteiger partial charge in [0.1, 0.15) is 5.60 Å². The third kappa shape index (κ3) is 3.67. The minimum absolute atomic E-state index is 0.203. The van der Waals surface area contributed by atoms with Crippen molar-refractivity contribution in [2.75, 3.05) is 6.54 Å². The molecule has 0 spiro atoms. The summed E-state index contributed by atoms with van der Waals surface area (Å²) in [6.45, 7) is 8.47. The van der Waals surface area contributed by atoms with Gasteiger partial charge in [0.2, 0.25) is 0 Å². The first-order valence-corrected chi connectivity index (χ1v) is 6.08. The number of hydrogen-bond donors (Lipinski definition) is 1. The number of nitrogens with zero attached hydrogens (tertiary/aromatic N) is 1. The van der Waals surface area contributed by atoms with Crippen LogP contribution in [0.1, 0.15) is 47.0 Å². The van der Waals surface area contributed by atoms with E-state index < -0.39 is 5.60 Å². The van der Waals surface area contributed by atoms with Gasteiger partial charge in [0.15, 0.2) is 0 Å². The Morgan fingerprint density at radius 2 is 2.12 bits per heavy atom. The zero-order valence-electron chi connectivity index (χ0n) is 10.8. The van der Waals surface area contributed by atoms with Crippen molar-refractivity contribution < 1.29 is 9.53 Å². The normalized spacial score (nSPS) is 26.7. The molecule has 94 valence electrons. The van der Waals surface area contributed by atoms with Crippen molar-refractivity contribution in [1.82, 2.24) is 4.90 Å². The van der Waals surface area contributed by atoms with Crippen LogP contribution in [-0.4, -0.2) is 35.2 Å². The Labute approximate surface area is 98.1 Å². The summed E-state index contributed by atoms with van der Waals surface area (Å²) >= 11 is 0. The van der Waals surface area contributed by atoms with E-state index in [0.29, 0.717) is 6.54 Å². The molecule has 1 aliphatic rings. The summed E-state index contributed by atoms with van der Waals surface area (Å²) in [5.41, 5.74) is 5.49. The van der Waals surface area contributed by atoms with E-state index in [1.54, 1.807) is 0 Å². The van der Waals surface area contributed by atoms with Crippen LogP contribution in [-0.2, 0) is 4.74 Å². The van der Waals surface area contributed by atoms with E-state index in [1.165, 1.54) is 0 Å². The second kappa shape index (κ2) is 5.04. The van der Waals surface area contributed by atoms with E-state index in [0.717, 1.165) is 19.3 Å². The Hall–Kier alpha value is -0.770. The van der Waals surface area contributed by atoms with Crippen LogP contribution in [0.25, 0.3) is 0 Å². The Kier molecular flexibility index (Phi) is 4.19. The van der Waals surface area contributed by atoms with E-state index in [1.807, 2.05) is 25.7 Å². The highest BCUT2D eigenvalue weighted by Crippen LogP contribution is 2.21. The van der Waals surface area contributed by atoms with Crippen LogP contribution in [0.2, 0.25) is 0 Å². The van der Waals surface area contributed by atoms with E-state index in [-0.39, 0.29) is 18.2 Å². The molecule has 16 heavy (non-hydrogen) atoms. The Bertz CT molecular complexity index is 248. The summed E-state index contributed by atoms with van der Waals surface area (Å²) in [6, 6.07) is 0.460. The Morgan fingerprint density at radius 1 is 1.50 bits per heavy atom. The molecule has 0 aromatic rings. The molecule has 1 aliphatic heterocycles. The van der Waals surface area contributed by atoms with Crippen molar-refractivity contribution in [2.45, 2.75) is 64.6 Å². The zero-order valence-corrected chi connectivity index (χ0v) is 10.8. The molecule has 1 fully saturated rings. The molecular formula is C12H24N2O2. The number of carbonyl (C=O) groups is 1. The van der Waals surface area contributed by atoms with Gasteiger partial charge in [-0.3, -0.25) is 0 Å². The van der Waals surface area contributed by atoms with Crippen molar-refractivity contribution >= 4 is 6.09 Å². The van der Waals surface area contributed by atoms with E-state index in [2.05, 4.69) is 6.92 Å². The topological polar surface area (TPSA) is 55.6 Å². The molecule has 2 N–H and O–H groups in total. The summed E-state index contributed by atoms with van der Waals surface area (Å²) in [6.07, 6.45) is 2.49. The van der Waals surface area contributed by atoms with E-state index in [9.17, 15) is 4.79 Å². The van der Waals surface area contributed by atoms with Gasteiger partial charge < -0.3 is 15.4 Å². The molecule has 0 aromatic carbocycles. The minimum atomic E-state index is -0.422. The predicted octanol–water partition coefficient (Wildman–Crippen LogP) is 2.12.